The first-order valence-corrected chi connectivity index (χ1v) is 8.26. The molecule has 2 amide bonds. The zero-order chi connectivity index (χ0) is 16.8. The molecule has 0 saturated carbocycles. The Morgan fingerprint density at radius 3 is 2.83 bits per heavy atom. The quantitative estimate of drug-likeness (QED) is 0.861. The Morgan fingerprint density at radius 1 is 1.35 bits per heavy atom. The molecule has 0 bridgehead atoms. The minimum absolute atomic E-state index is 0.0321. The summed E-state index contributed by atoms with van der Waals surface area (Å²) in [6.45, 7) is 4.46. The maximum absolute atomic E-state index is 12.6. The number of amides is 2. The third-order valence-electron chi connectivity index (χ3n) is 4.08. The number of nitrogens with zero attached hydrogens (tertiary/aromatic N) is 4. The lowest BCUT2D eigenvalue weighted by Gasteiger charge is -2.21. The molecule has 0 aromatic carbocycles. The monoisotopic (exact) mass is 321 g/mol. The molecular weight excluding hydrogens is 294 g/mol. The summed E-state index contributed by atoms with van der Waals surface area (Å²) < 4.78 is 1.73. The summed E-state index contributed by atoms with van der Waals surface area (Å²) in [5.41, 5.74) is 0.641. The van der Waals surface area contributed by atoms with Gasteiger partial charge in [-0.3, -0.25) is 14.3 Å². The lowest BCUT2D eigenvalue weighted by Crippen LogP contribution is -2.41. The van der Waals surface area contributed by atoms with E-state index in [9.17, 15) is 9.59 Å². The Balaban J connectivity index is 1.91. The normalized spacial score (nSPS) is 18.8. The van der Waals surface area contributed by atoms with E-state index in [1.165, 1.54) is 0 Å². The predicted molar refractivity (Wildman–Crippen MR) is 88.1 cm³/mol. The molecule has 1 atom stereocenters. The molecule has 1 N–H and O–H groups in total. The van der Waals surface area contributed by atoms with Gasteiger partial charge in [-0.15, -0.1) is 0 Å². The van der Waals surface area contributed by atoms with Crippen LogP contribution >= 0.6 is 0 Å². The molecule has 2 heterocycles. The first kappa shape index (κ1) is 17.5. The highest BCUT2D eigenvalue weighted by Gasteiger charge is 2.24. The Morgan fingerprint density at radius 2 is 2.13 bits per heavy atom. The largest absolute Gasteiger partial charge is 0.352 e. The maximum atomic E-state index is 12.6. The standard InChI is InChI=1S/C16H27N5O2/c1-4-21-14(7-9-17-21)16(23)20-10-5-6-13(8-11-20)18-15(22)12-19(2)3/h7,9,13H,4-6,8,10-12H2,1-3H3,(H,18,22)/t13-/m1/s1. The lowest BCUT2D eigenvalue weighted by atomic mass is 10.1. The van der Waals surface area contributed by atoms with E-state index in [2.05, 4.69) is 10.4 Å². The highest BCUT2D eigenvalue weighted by molar-refractivity contribution is 5.92. The average Bonchev–Trinajstić information content (AvgIpc) is 2.85. The smallest absolute Gasteiger partial charge is 0.272 e. The van der Waals surface area contributed by atoms with Gasteiger partial charge in [0.05, 0.1) is 6.54 Å². The second-order valence-corrected chi connectivity index (χ2v) is 6.26. The molecule has 0 radical (unpaired) electrons. The fraction of sp³-hybridized carbons (Fsp3) is 0.688. The molecule has 1 aromatic rings. The van der Waals surface area contributed by atoms with Gasteiger partial charge in [-0.1, -0.05) is 0 Å². The van der Waals surface area contributed by atoms with Crippen LogP contribution in [0.25, 0.3) is 0 Å². The molecule has 7 nitrogen and oxygen atoms in total. The van der Waals surface area contributed by atoms with E-state index >= 15 is 0 Å². The summed E-state index contributed by atoms with van der Waals surface area (Å²) >= 11 is 0. The van der Waals surface area contributed by atoms with Gasteiger partial charge in [0, 0.05) is 31.9 Å². The van der Waals surface area contributed by atoms with Gasteiger partial charge in [-0.25, -0.2) is 0 Å². The number of aryl methyl sites for hydroxylation is 1. The molecule has 1 aromatic heterocycles. The summed E-state index contributed by atoms with van der Waals surface area (Å²) in [6.07, 6.45) is 4.28. The van der Waals surface area contributed by atoms with Crippen molar-refractivity contribution < 1.29 is 9.59 Å². The number of likely N-dealkylation sites (N-methyl/N-ethyl adjacent to an activating group) is 1. The third-order valence-corrected chi connectivity index (χ3v) is 4.08. The third kappa shape index (κ3) is 4.79. The van der Waals surface area contributed by atoms with Crippen molar-refractivity contribution in [3.8, 4) is 0 Å². The Labute approximate surface area is 137 Å². The van der Waals surface area contributed by atoms with Crippen LogP contribution in [-0.4, -0.2) is 71.2 Å². The number of nitrogens with one attached hydrogen (secondary N) is 1. The minimum atomic E-state index is 0.0321. The van der Waals surface area contributed by atoms with Crippen molar-refractivity contribution in [1.29, 1.82) is 0 Å². The SMILES string of the molecule is CCn1nccc1C(=O)N1CCC[C@@H](NC(=O)CN(C)C)CC1. The Bertz CT molecular complexity index is 540. The molecule has 1 aliphatic rings. The molecule has 128 valence electrons. The second kappa shape index (κ2) is 8.10. The molecule has 23 heavy (non-hydrogen) atoms. The number of carbonyl (C=O) groups is 2. The van der Waals surface area contributed by atoms with Gasteiger partial charge in [0.25, 0.3) is 5.91 Å². The molecule has 1 saturated heterocycles. The fourth-order valence-corrected chi connectivity index (χ4v) is 2.93. The minimum Gasteiger partial charge on any atom is -0.352 e. The van der Waals surface area contributed by atoms with Crippen molar-refractivity contribution in [3.63, 3.8) is 0 Å². The lowest BCUT2D eigenvalue weighted by molar-refractivity contribution is -0.122. The van der Waals surface area contributed by atoms with Crippen molar-refractivity contribution in [1.82, 2.24) is 24.9 Å². The summed E-state index contributed by atoms with van der Waals surface area (Å²) in [5.74, 6) is 0.0773. The van der Waals surface area contributed by atoms with Crippen molar-refractivity contribution in [2.24, 2.45) is 0 Å². The summed E-state index contributed by atoms with van der Waals surface area (Å²) in [5, 5.41) is 7.23. The van der Waals surface area contributed by atoms with Crippen LogP contribution in [0.5, 0.6) is 0 Å². The van der Waals surface area contributed by atoms with Gasteiger partial charge in [0.2, 0.25) is 5.91 Å². The molecule has 0 aliphatic carbocycles. The van der Waals surface area contributed by atoms with E-state index in [1.54, 1.807) is 16.9 Å². The highest BCUT2D eigenvalue weighted by Crippen LogP contribution is 2.14. The van der Waals surface area contributed by atoms with Gasteiger partial charge in [-0.2, -0.15) is 5.10 Å². The van der Waals surface area contributed by atoms with Crippen LogP contribution in [0.15, 0.2) is 12.3 Å². The number of rotatable bonds is 5. The number of carbonyl (C=O) groups excluding carboxylic acids is 2. The molecule has 0 spiro atoms. The van der Waals surface area contributed by atoms with E-state index < -0.39 is 0 Å². The molecule has 1 fully saturated rings. The first-order chi connectivity index (χ1) is 11.0. The van der Waals surface area contributed by atoms with Crippen molar-refractivity contribution >= 4 is 11.8 Å². The molecular formula is C16H27N5O2. The van der Waals surface area contributed by atoms with E-state index in [0.717, 1.165) is 25.8 Å². The average molecular weight is 321 g/mol. The van der Waals surface area contributed by atoms with Gasteiger partial charge in [0.15, 0.2) is 0 Å². The van der Waals surface area contributed by atoms with Crippen molar-refractivity contribution in [2.45, 2.75) is 38.8 Å². The van der Waals surface area contributed by atoms with E-state index in [1.807, 2.05) is 30.8 Å². The Kier molecular flexibility index (Phi) is 6.15. The number of hydrogen-bond acceptors (Lipinski definition) is 4. The van der Waals surface area contributed by atoms with Crippen LogP contribution in [-0.2, 0) is 11.3 Å². The van der Waals surface area contributed by atoms with Crippen molar-refractivity contribution in [3.05, 3.63) is 18.0 Å². The van der Waals surface area contributed by atoms with Crippen LogP contribution in [0.3, 0.4) is 0 Å². The topological polar surface area (TPSA) is 70.5 Å². The van der Waals surface area contributed by atoms with Gasteiger partial charge >= 0.3 is 0 Å². The molecule has 7 heteroatoms. The highest BCUT2D eigenvalue weighted by atomic mass is 16.2. The first-order valence-electron chi connectivity index (χ1n) is 8.26. The maximum Gasteiger partial charge on any atom is 0.272 e. The van der Waals surface area contributed by atoms with E-state index in [-0.39, 0.29) is 17.9 Å². The van der Waals surface area contributed by atoms with Crippen LogP contribution in [0.2, 0.25) is 0 Å². The number of likely N-dealkylation sites (tertiary alicyclic amines) is 1. The van der Waals surface area contributed by atoms with E-state index in [0.29, 0.717) is 25.3 Å². The second-order valence-electron chi connectivity index (χ2n) is 6.26. The van der Waals surface area contributed by atoms with Crippen LogP contribution in [0, 0.1) is 0 Å². The van der Waals surface area contributed by atoms with Gasteiger partial charge in [0.1, 0.15) is 5.69 Å². The predicted octanol–water partition coefficient (Wildman–Crippen LogP) is 0.576. The van der Waals surface area contributed by atoms with Gasteiger partial charge < -0.3 is 15.1 Å². The van der Waals surface area contributed by atoms with Gasteiger partial charge in [-0.05, 0) is 46.3 Å². The van der Waals surface area contributed by atoms with Crippen LogP contribution < -0.4 is 5.32 Å². The number of hydrogen-bond donors (Lipinski definition) is 1. The summed E-state index contributed by atoms with van der Waals surface area (Å²) in [6, 6.07) is 1.92. The molecule has 0 unspecified atom stereocenters. The van der Waals surface area contributed by atoms with Crippen LogP contribution in [0.4, 0.5) is 0 Å². The van der Waals surface area contributed by atoms with Crippen LogP contribution in [0.1, 0.15) is 36.7 Å². The zero-order valence-electron chi connectivity index (χ0n) is 14.3. The van der Waals surface area contributed by atoms with E-state index in [4.69, 9.17) is 0 Å². The van der Waals surface area contributed by atoms with Crippen molar-refractivity contribution in [2.75, 3.05) is 33.7 Å². The number of aromatic nitrogens is 2. The summed E-state index contributed by atoms with van der Waals surface area (Å²) in [7, 11) is 3.76. The fourth-order valence-electron chi connectivity index (χ4n) is 2.93. The Hall–Kier alpha value is -1.89. The zero-order valence-corrected chi connectivity index (χ0v) is 14.3. The molecule has 2 rings (SSSR count). The molecule has 1 aliphatic heterocycles. The summed E-state index contributed by atoms with van der Waals surface area (Å²) in [4.78, 5) is 28.2.